The summed E-state index contributed by atoms with van der Waals surface area (Å²) in [4.78, 5) is 24.0. The Hall–Kier alpha value is -2.29. The summed E-state index contributed by atoms with van der Waals surface area (Å²) in [5, 5.41) is 2.57. The van der Waals surface area contributed by atoms with E-state index in [4.69, 9.17) is 14.2 Å². The quantitative estimate of drug-likeness (QED) is 0.624. The lowest BCUT2D eigenvalue weighted by Gasteiger charge is -2.13. The van der Waals surface area contributed by atoms with E-state index in [0.29, 0.717) is 31.1 Å². The zero-order valence-electron chi connectivity index (χ0n) is 15.5. The van der Waals surface area contributed by atoms with E-state index in [0.717, 1.165) is 6.42 Å². The van der Waals surface area contributed by atoms with E-state index < -0.39 is 34.4 Å². The predicted octanol–water partition coefficient (Wildman–Crippen LogP) is 1.33. The maximum Gasteiger partial charge on any atom is 0.338 e. The Balaban J connectivity index is 1.91. The van der Waals surface area contributed by atoms with Gasteiger partial charge >= 0.3 is 5.97 Å². The van der Waals surface area contributed by atoms with Gasteiger partial charge in [-0.15, -0.1) is 0 Å². The fourth-order valence-electron chi connectivity index (χ4n) is 2.63. The van der Waals surface area contributed by atoms with Crippen LogP contribution in [0.15, 0.2) is 18.2 Å². The minimum absolute atomic E-state index is 0.0599. The molecule has 1 aromatic carbocycles. The van der Waals surface area contributed by atoms with E-state index in [1.165, 1.54) is 12.1 Å². The highest BCUT2D eigenvalue weighted by molar-refractivity contribution is 7.91. The van der Waals surface area contributed by atoms with Crippen LogP contribution in [-0.2, 0) is 19.4 Å². The number of hydrogen-bond acceptors (Lipinski definition) is 7. The number of sulfone groups is 1. The van der Waals surface area contributed by atoms with Crippen molar-refractivity contribution in [3.05, 3.63) is 23.8 Å². The lowest BCUT2D eigenvalue weighted by molar-refractivity contribution is -0.124. The third-order valence-corrected chi connectivity index (χ3v) is 5.64. The largest absolute Gasteiger partial charge is 0.490 e. The van der Waals surface area contributed by atoms with Crippen LogP contribution in [0.25, 0.3) is 0 Å². The van der Waals surface area contributed by atoms with Gasteiger partial charge in [0.25, 0.3) is 5.91 Å². The van der Waals surface area contributed by atoms with Crippen LogP contribution in [0, 0.1) is 0 Å². The van der Waals surface area contributed by atoms with Gasteiger partial charge in [-0.2, -0.15) is 0 Å². The number of carbonyl (C=O) groups excluding carboxylic acids is 2. The second-order valence-corrected chi connectivity index (χ2v) is 8.42. The molecule has 1 fully saturated rings. The molecule has 1 aromatic rings. The average Bonchev–Trinajstić information content (AvgIpc) is 2.97. The molecule has 150 valence electrons. The van der Waals surface area contributed by atoms with Crippen LogP contribution >= 0.6 is 0 Å². The first kappa shape index (κ1) is 21.0. The van der Waals surface area contributed by atoms with Gasteiger partial charge in [0.05, 0.1) is 30.3 Å². The summed E-state index contributed by atoms with van der Waals surface area (Å²) in [6.07, 6.45) is 1.21. The summed E-state index contributed by atoms with van der Waals surface area (Å²) in [6.45, 7) is 4.27. The zero-order valence-corrected chi connectivity index (χ0v) is 16.3. The monoisotopic (exact) mass is 399 g/mol. The molecule has 0 aromatic heterocycles. The molecule has 0 spiro atoms. The molecule has 0 aliphatic carbocycles. The smallest absolute Gasteiger partial charge is 0.338 e. The Morgan fingerprint density at radius 1 is 1.19 bits per heavy atom. The molecule has 1 atom stereocenters. The molecule has 9 heteroatoms. The van der Waals surface area contributed by atoms with Crippen LogP contribution in [0.5, 0.6) is 11.5 Å². The first-order valence-electron chi connectivity index (χ1n) is 8.91. The number of rotatable bonds is 9. The van der Waals surface area contributed by atoms with E-state index in [1.807, 2.05) is 13.8 Å². The summed E-state index contributed by atoms with van der Waals surface area (Å²) in [7, 11) is -3.08. The number of nitrogens with one attached hydrogen (secondary N) is 1. The third-order valence-electron chi connectivity index (χ3n) is 3.87. The number of benzene rings is 1. The van der Waals surface area contributed by atoms with Crippen LogP contribution in [0.2, 0.25) is 0 Å². The van der Waals surface area contributed by atoms with Crippen molar-refractivity contribution in [2.45, 2.75) is 32.7 Å². The zero-order chi connectivity index (χ0) is 19.9. The fraction of sp³-hybridized carbons (Fsp3) is 0.556. The Labute approximate surface area is 159 Å². The average molecular weight is 399 g/mol. The van der Waals surface area contributed by atoms with E-state index in [2.05, 4.69) is 5.32 Å². The lowest BCUT2D eigenvalue weighted by atomic mass is 10.2. The van der Waals surface area contributed by atoms with Crippen molar-refractivity contribution in [1.29, 1.82) is 0 Å². The molecule has 0 unspecified atom stereocenters. The Kier molecular flexibility index (Phi) is 7.46. The van der Waals surface area contributed by atoms with Crippen LogP contribution < -0.4 is 14.8 Å². The minimum atomic E-state index is -3.08. The van der Waals surface area contributed by atoms with Crippen LogP contribution in [0.1, 0.15) is 37.0 Å². The van der Waals surface area contributed by atoms with Crippen molar-refractivity contribution in [3.8, 4) is 11.5 Å². The molecule has 27 heavy (non-hydrogen) atoms. The summed E-state index contributed by atoms with van der Waals surface area (Å²) in [5.41, 5.74) is 0.235. The van der Waals surface area contributed by atoms with Gasteiger partial charge in [0.2, 0.25) is 0 Å². The highest BCUT2D eigenvalue weighted by Crippen LogP contribution is 2.29. The number of carbonyl (C=O) groups is 2. The highest BCUT2D eigenvalue weighted by Gasteiger charge is 2.29. The Morgan fingerprint density at radius 3 is 2.59 bits per heavy atom. The second-order valence-electron chi connectivity index (χ2n) is 6.19. The SMILES string of the molecule is CCCOc1ccc(C(=O)OCC(=O)N[C@@H]2CCS(=O)(=O)C2)cc1OCC. The molecule has 0 saturated carbocycles. The first-order chi connectivity index (χ1) is 12.8. The van der Waals surface area contributed by atoms with Crippen LogP contribution in [0.3, 0.4) is 0 Å². The number of ether oxygens (including phenoxy) is 3. The Bertz CT molecular complexity index is 776. The molecular weight excluding hydrogens is 374 g/mol. The van der Waals surface area contributed by atoms with Crippen molar-refractivity contribution in [2.75, 3.05) is 31.3 Å². The molecule has 1 aliphatic rings. The summed E-state index contributed by atoms with van der Waals surface area (Å²) in [5.74, 6) is -0.254. The predicted molar refractivity (Wildman–Crippen MR) is 98.9 cm³/mol. The van der Waals surface area contributed by atoms with Crippen molar-refractivity contribution in [2.24, 2.45) is 0 Å². The third kappa shape index (κ3) is 6.42. The van der Waals surface area contributed by atoms with E-state index >= 15 is 0 Å². The van der Waals surface area contributed by atoms with Crippen LogP contribution in [-0.4, -0.2) is 57.7 Å². The van der Waals surface area contributed by atoms with Gasteiger partial charge in [0.1, 0.15) is 0 Å². The number of amides is 1. The number of hydrogen-bond donors (Lipinski definition) is 1. The summed E-state index contributed by atoms with van der Waals surface area (Å²) in [6, 6.07) is 4.25. The van der Waals surface area contributed by atoms with E-state index in [-0.39, 0.29) is 17.1 Å². The fourth-order valence-corrected chi connectivity index (χ4v) is 4.30. The molecule has 0 bridgehead atoms. The number of esters is 1. The van der Waals surface area contributed by atoms with Crippen LogP contribution in [0.4, 0.5) is 0 Å². The maximum atomic E-state index is 12.2. The molecule has 1 saturated heterocycles. The highest BCUT2D eigenvalue weighted by atomic mass is 32.2. The molecule has 1 heterocycles. The van der Waals surface area contributed by atoms with Gasteiger partial charge in [-0.05, 0) is 38.0 Å². The lowest BCUT2D eigenvalue weighted by Crippen LogP contribution is -2.38. The van der Waals surface area contributed by atoms with Crippen molar-refractivity contribution in [3.63, 3.8) is 0 Å². The first-order valence-corrected chi connectivity index (χ1v) is 10.7. The van der Waals surface area contributed by atoms with Gasteiger partial charge in [0, 0.05) is 6.04 Å². The van der Waals surface area contributed by atoms with Crippen molar-refractivity contribution < 1.29 is 32.2 Å². The topological polar surface area (TPSA) is 108 Å². The molecular formula is C18H25NO7S. The van der Waals surface area contributed by atoms with Crippen molar-refractivity contribution >= 4 is 21.7 Å². The molecule has 8 nitrogen and oxygen atoms in total. The summed E-state index contributed by atoms with van der Waals surface area (Å²) < 4.78 is 38.9. The molecule has 1 aliphatic heterocycles. The van der Waals surface area contributed by atoms with Gasteiger partial charge in [-0.25, -0.2) is 13.2 Å². The minimum Gasteiger partial charge on any atom is -0.490 e. The van der Waals surface area contributed by atoms with Gasteiger partial charge in [0.15, 0.2) is 27.9 Å². The molecule has 1 N–H and O–H groups in total. The summed E-state index contributed by atoms with van der Waals surface area (Å²) >= 11 is 0. The van der Waals surface area contributed by atoms with Crippen molar-refractivity contribution in [1.82, 2.24) is 5.32 Å². The standard InChI is InChI=1S/C18H25NO7S/c1-3-8-25-15-6-5-13(10-16(15)24-4-2)18(21)26-11-17(20)19-14-7-9-27(22,23)12-14/h5-6,10,14H,3-4,7-9,11-12H2,1-2H3,(H,19,20)/t14-/m1/s1. The van der Waals surface area contributed by atoms with Gasteiger partial charge in [-0.3, -0.25) is 4.79 Å². The maximum absolute atomic E-state index is 12.2. The van der Waals surface area contributed by atoms with E-state index in [9.17, 15) is 18.0 Å². The van der Waals surface area contributed by atoms with Gasteiger partial charge < -0.3 is 19.5 Å². The Morgan fingerprint density at radius 2 is 1.96 bits per heavy atom. The normalized spacial score (nSPS) is 17.9. The molecule has 2 rings (SSSR count). The van der Waals surface area contributed by atoms with E-state index in [1.54, 1.807) is 6.07 Å². The second kappa shape index (κ2) is 9.59. The molecule has 0 radical (unpaired) electrons. The molecule has 1 amide bonds. The van der Waals surface area contributed by atoms with Gasteiger partial charge in [-0.1, -0.05) is 6.92 Å².